The Bertz CT molecular complexity index is 1660. The highest BCUT2D eigenvalue weighted by molar-refractivity contribution is 6.31. The summed E-state index contributed by atoms with van der Waals surface area (Å²) in [6.45, 7) is -2.08. The number of Topliss-reactive ketones (excluding diaryl/α,β-unsaturated/α-hetero) is 1. The van der Waals surface area contributed by atoms with Crippen LogP contribution in [0.3, 0.4) is 0 Å². The van der Waals surface area contributed by atoms with Crippen LogP contribution in [0.1, 0.15) is 39.2 Å². The maximum Gasteiger partial charge on any atom is 0.388 e. The molecule has 1 amide bonds. The van der Waals surface area contributed by atoms with Crippen LogP contribution in [0.15, 0.2) is 83.7 Å². The molecule has 0 bridgehead atoms. The number of carboxylic acid groups (broad SMARTS) is 1. The van der Waals surface area contributed by atoms with Crippen molar-refractivity contribution < 1.29 is 33.0 Å². The molecule has 3 aromatic carbocycles. The number of carboxylic acids is 1. The first-order chi connectivity index (χ1) is 19.5. The summed E-state index contributed by atoms with van der Waals surface area (Å²) < 4.78 is 32.4. The molecule has 0 aliphatic rings. The second kappa shape index (κ2) is 12.5. The molecule has 0 radical (unpaired) electrons. The van der Waals surface area contributed by atoms with E-state index >= 15 is 0 Å². The summed E-state index contributed by atoms with van der Waals surface area (Å²) in [6, 6.07) is 17.7. The minimum absolute atomic E-state index is 0.00274. The van der Waals surface area contributed by atoms with E-state index in [1.54, 1.807) is 30.3 Å². The molecule has 2 N–H and O–H groups in total. The topological polar surface area (TPSA) is 128 Å². The lowest BCUT2D eigenvalue weighted by molar-refractivity contribution is -0.119. The number of halogens is 3. The van der Waals surface area contributed by atoms with Gasteiger partial charge in [0.15, 0.2) is 5.78 Å². The molecule has 4 rings (SSSR count). The fourth-order valence-electron chi connectivity index (χ4n) is 4.14. The number of hydrogen-bond donors (Lipinski definition) is 2. The molecule has 1 heterocycles. The number of nitrogens with zero attached hydrogens (tertiary/aromatic N) is 2. The van der Waals surface area contributed by atoms with Crippen LogP contribution in [0.25, 0.3) is 11.1 Å². The lowest BCUT2D eigenvalue weighted by Gasteiger charge is -2.21. The van der Waals surface area contributed by atoms with Gasteiger partial charge in [0.2, 0.25) is 11.8 Å². The van der Waals surface area contributed by atoms with E-state index in [2.05, 4.69) is 15.2 Å². The normalized spacial score (nSPS) is 11.6. The Morgan fingerprint density at radius 1 is 1.00 bits per heavy atom. The van der Waals surface area contributed by atoms with Gasteiger partial charge in [-0.3, -0.25) is 14.4 Å². The summed E-state index contributed by atoms with van der Waals surface area (Å²) in [5.74, 6) is -2.99. The van der Waals surface area contributed by atoms with Crippen LogP contribution in [0.4, 0.5) is 14.5 Å². The first-order valence-electron chi connectivity index (χ1n) is 12.1. The van der Waals surface area contributed by atoms with E-state index in [-0.39, 0.29) is 39.4 Å². The van der Waals surface area contributed by atoms with Gasteiger partial charge in [0.05, 0.1) is 11.1 Å². The van der Waals surface area contributed by atoms with Gasteiger partial charge in [0.25, 0.3) is 5.56 Å². The Kier molecular flexibility index (Phi) is 8.88. The molecular weight excluding hydrogens is 560 g/mol. The van der Waals surface area contributed by atoms with Gasteiger partial charge >= 0.3 is 12.6 Å². The third-order valence-corrected chi connectivity index (χ3v) is 6.28. The molecule has 12 heteroatoms. The number of anilines is 1. The Balaban J connectivity index is 1.83. The van der Waals surface area contributed by atoms with Crippen molar-refractivity contribution in [3.05, 3.63) is 111 Å². The molecule has 41 heavy (non-hydrogen) atoms. The van der Waals surface area contributed by atoms with Crippen LogP contribution in [0.5, 0.6) is 5.88 Å². The summed E-state index contributed by atoms with van der Waals surface area (Å²) in [6.07, 6.45) is -0.0594. The fourth-order valence-corrected chi connectivity index (χ4v) is 4.31. The Labute approximate surface area is 237 Å². The molecule has 1 aromatic heterocycles. The van der Waals surface area contributed by atoms with Gasteiger partial charge in [0.1, 0.15) is 6.04 Å². The smallest absolute Gasteiger partial charge is 0.388 e. The van der Waals surface area contributed by atoms with Gasteiger partial charge in [-0.15, -0.1) is 5.10 Å². The Morgan fingerprint density at radius 3 is 2.29 bits per heavy atom. The lowest BCUT2D eigenvalue weighted by Crippen LogP contribution is -2.36. The highest BCUT2D eigenvalue weighted by atomic mass is 35.5. The molecular formula is C29H22ClF2N3O6. The van der Waals surface area contributed by atoms with Crippen molar-refractivity contribution in [3.63, 3.8) is 0 Å². The number of benzene rings is 3. The molecule has 210 valence electrons. The van der Waals surface area contributed by atoms with Crippen LogP contribution in [-0.2, 0) is 11.2 Å². The summed E-state index contributed by atoms with van der Waals surface area (Å²) >= 11 is 6.10. The van der Waals surface area contributed by atoms with E-state index in [9.17, 15) is 28.0 Å². The van der Waals surface area contributed by atoms with Crippen LogP contribution in [-0.4, -0.2) is 39.2 Å². The van der Waals surface area contributed by atoms with Crippen LogP contribution < -0.4 is 15.6 Å². The number of nitrogens with one attached hydrogen (secondary N) is 1. The van der Waals surface area contributed by atoms with Crippen LogP contribution in [0, 0.1) is 0 Å². The van der Waals surface area contributed by atoms with E-state index < -0.39 is 41.8 Å². The van der Waals surface area contributed by atoms with Crippen molar-refractivity contribution in [2.75, 3.05) is 5.32 Å². The second-order valence-corrected chi connectivity index (χ2v) is 9.28. The molecule has 0 saturated heterocycles. The number of ketones is 1. The van der Waals surface area contributed by atoms with Crippen molar-refractivity contribution >= 4 is 34.9 Å². The van der Waals surface area contributed by atoms with Crippen molar-refractivity contribution in [1.82, 2.24) is 9.78 Å². The average molecular weight is 582 g/mol. The van der Waals surface area contributed by atoms with Gasteiger partial charge < -0.3 is 15.2 Å². The number of ether oxygens (including phenoxy) is 1. The third kappa shape index (κ3) is 7.00. The lowest BCUT2D eigenvalue weighted by atomic mass is 9.98. The molecule has 1 atom stereocenters. The quantitative estimate of drug-likeness (QED) is 0.237. The largest absolute Gasteiger partial charge is 0.478 e. The summed E-state index contributed by atoms with van der Waals surface area (Å²) in [5.41, 5.74) is -0.0304. The molecule has 4 aromatic rings. The predicted molar refractivity (Wildman–Crippen MR) is 147 cm³/mol. The minimum atomic E-state index is -3.35. The molecule has 0 fully saturated rings. The van der Waals surface area contributed by atoms with E-state index in [0.717, 1.165) is 10.7 Å². The van der Waals surface area contributed by atoms with Gasteiger partial charge in [-0.25, -0.2) is 9.48 Å². The zero-order valence-corrected chi connectivity index (χ0v) is 22.1. The summed E-state index contributed by atoms with van der Waals surface area (Å²) in [4.78, 5) is 50.3. The van der Waals surface area contributed by atoms with Crippen molar-refractivity contribution in [3.8, 4) is 17.0 Å². The van der Waals surface area contributed by atoms with E-state index in [4.69, 9.17) is 16.7 Å². The number of aromatic nitrogens is 2. The number of rotatable bonds is 10. The summed E-state index contributed by atoms with van der Waals surface area (Å²) in [7, 11) is 0. The molecule has 9 nitrogen and oxygen atoms in total. The van der Waals surface area contributed by atoms with Gasteiger partial charge in [-0.1, -0.05) is 41.9 Å². The molecule has 0 aliphatic heterocycles. The van der Waals surface area contributed by atoms with Gasteiger partial charge in [-0.2, -0.15) is 8.78 Å². The highest BCUT2D eigenvalue weighted by Gasteiger charge is 2.27. The average Bonchev–Trinajstić information content (AvgIpc) is 2.93. The second-order valence-electron chi connectivity index (χ2n) is 8.85. The first-order valence-corrected chi connectivity index (χ1v) is 12.5. The predicted octanol–water partition coefficient (Wildman–Crippen LogP) is 5.49. The maximum absolute atomic E-state index is 13.5. The molecule has 0 saturated carbocycles. The zero-order valence-electron chi connectivity index (χ0n) is 21.4. The van der Waals surface area contributed by atoms with E-state index in [0.29, 0.717) is 5.56 Å². The first kappa shape index (κ1) is 29.1. The molecule has 0 unspecified atom stereocenters. The van der Waals surface area contributed by atoms with Crippen molar-refractivity contribution in [1.29, 1.82) is 0 Å². The fraction of sp³-hybridized carbons (Fsp3) is 0.138. The molecule has 0 spiro atoms. The van der Waals surface area contributed by atoms with E-state index in [1.165, 1.54) is 49.4 Å². The standard InChI is InChI=1S/C29H22ClF2N3O6/c1-16(36)21-12-9-19(30)14-22(21)23-15-25(37)35(34-27(23)41-29(31)32)24(13-17-5-3-2-4-6-17)26(38)33-20-10-7-18(8-11-20)28(39)40/h2-12,14-15,24,29H,13H2,1H3,(H,33,38)(H,39,40)/t24-/m0/s1. The maximum atomic E-state index is 13.5. The number of carbonyl (C=O) groups excluding carboxylic acids is 2. The number of carbonyl (C=O) groups is 3. The SMILES string of the molecule is CC(=O)c1ccc(Cl)cc1-c1cc(=O)n([C@@H](Cc2ccccc2)C(=O)Nc2ccc(C(=O)O)cc2)nc1OC(F)F. The number of amides is 1. The van der Waals surface area contributed by atoms with Crippen LogP contribution in [0.2, 0.25) is 5.02 Å². The monoisotopic (exact) mass is 581 g/mol. The Morgan fingerprint density at radius 2 is 1.68 bits per heavy atom. The minimum Gasteiger partial charge on any atom is -0.478 e. The zero-order chi connectivity index (χ0) is 29.7. The highest BCUT2D eigenvalue weighted by Crippen LogP contribution is 2.33. The summed E-state index contributed by atoms with van der Waals surface area (Å²) in [5, 5.41) is 15.9. The van der Waals surface area contributed by atoms with Crippen molar-refractivity contribution in [2.45, 2.75) is 26.0 Å². The number of hydrogen-bond acceptors (Lipinski definition) is 6. The number of aromatic carboxylic acids is 1. The third-order valence-electron chi connectivity index (χ3n) is 6.04. The molecule has 0 aliphatic carbocycles. The van der Waals surface area contributed by atoms with Crippen molar-refractivity contribution in [2.24, 2.45) is 0 Å². The van der Waals surface area contributed by atoms with E-state index in [1.807, 2.05) is 0 Å². The van der Waals surface area contributed by atoms with Gasteiger partial charge in [0, 0.05) is 28.8 Å². The number of alkyl halides is 2. The Hall–Kier alpha value is -4.90. The van der Waals surface area contributed by atoms with Crippen LogP contribution >= 0.6 is 11.6 Å². The van der Waals surface area contributed by atoms with Gasteiger partial charge in [-0.05, 0) is 60.5 Å².